The van der Waals surface area contributed by atoms with Crippen LogP contribution >= 0.6 is 11.6 Å². The van der Waals surface area contributed by atoms with E-state index in [0.29, 0.717) is 18.0 Å². The van der Waals surface area contributed by atoms with Crippen molar-refractivity contribution >= 4 is 23.5 Å². The van der Waals surface area contributed by atoms with Crippen LogP contribution in [0.2, 0.25) is 5.02 Å². The number of phenols is 1. The first-order valence-electron chi connectivity index (χ1n) is 8.01. The second-order valence-corrected chi connectivity index (χ2v) is 6.03. The van der Waals surface area contributed by atoms with Crippen LogP contribution in [-0.4, -0.2) is 36.7 Å². The number of ether oxygens (including phenoxy) is 2. The van der Waals surface area contributed by atoms with Crippen LogP contribution in [0.15, 0.2) is 42.5 Å². The molecule has 0 spiro atoms. The van der Waals surface area contributed by atoms with Gasteiger partial charge < -0.3 is 19.9 Å². The predicted octanol–water partition coefficient (Wildman–Crippen LogP) is 2.96. The van der Waals surface area contributed by atoms with Gasteiger partial charge in [-0.1, -0.05) is 23.7 Å². The van der Waals surface area contributed by atoms with Gasteiger partial charge >= 0.3 is 5.97 Å². The van der Waals surface area contributed by atoms with Crippen molar-refractivity contribution in [2.75, 3.05) is 13.7 Å². The van der Waals surface area contributed by atoms with Gasteiger partial charge in [0.05, 0.1) is 7.11 Å². The molecule has 2 aromatic rings. The fraction of sp³-hybridized carbons (Fsp3) is 0.263. The second kappa shape index (κ2) is 9.10. The van der Waals surface area contributed by atoms with Crippen LogP contribution < -0.4 is 10.1 Å². The Morgan fingerprint density at radius 2 is 1.88 bits per heavy atom. The van der Waals surface area contributed by atoms with Gasteiger partial charge in [0, 0.05) is 11.6 Å². The maximum Gasteiger partial charge on any atom is 0.342 e. The second-order valence-electron chi connectivity index (χ2n) is 5.60. The van der Waals surface area contributed by atoms with Gasteiger partial charge in [-0.15, -0.1) is 0 Å². The monoisotopic (exact) mass is 377 g/mol. The molecule has 2 rings (SSSR count). The molecule has 0 aromatic heterocycles. The number of carbonyl (C=O) groups is 2. The smallest absolute Gasteiger partial charge is 0.342 e. The fourth-order valence-corrected chi connectivity index (χ4v) is 2.39. The van der Waals surface area contributed by atoms with Gasteiger partial charge in [-0.25, -0.2) is 4.79 Å². The summed E-state index contributed by atoms with van der Waals surface area (Å²) in [6, 6.07) is 11.6. The Morgan fingerprint density at radius 1 is 1.19 bits per heavy atom. The van der Waals surface area contributed by atoms with Gasteiger partial charge in [-0.3, -0.25) is 4.79 Å². The maximum absolute atomic E-state index is 12.0. The number of hydrogen-bond donors (Lipinski definition) is 2. The maximum atomic E-state index is 12.0. The van der Waals surface area contributed by atoms with E-state index >= 15 is 0 Å². The molecule has 26 heavy (non-hydrogen) atoms. The van der Waals surface area contributed by atoms with Crippen molar-refractivity contribution in [1.82, 2.24) is 5.32 Å². The highest BCUT2D eigenvalue weighted by Gasteiger charge is 2.20. The zero-order valence-electron chi connectivity index (χ0n) is 14.5. The van der Waals surface area contributed by atoms with E-state index in [2.05, 4.69) is 5.32 Å². The third kappa shape index (κ3) is 5.39. The first kappa shape index (κ1) is 19.6. The quantitative estimate of drug-likeness (QED) is 0.724. The minimum Gasteiger partial charge on any atom is -0.507 e. The highest BCUT2D eigenvalue weighted by Crippen LogP contribution is 2.23. The van der Waals surface area contributed by atoms with Crippen LogP contribution in [0.5, 0.6) is 11.5 Å². The molecule has 0 bridgehead atoms. The van der Waals surface area contributed by atoms with Crippen LogP contribution in [0.25, 0.3) is 0 Å². The standard InChI is InChI=1S/C19H20ClNO5/c1-12(26-19(24)16-8-5-14(20)11-17(16)22)18(23)21-10-9-13-3-6-15(25-2)7-4-13/h3-8,11-12,22H,9-10H2,1-2H3,(H,21,23)/t12-/m0/s1. The number of aromatic hydroxyl groups is 1. The first-order chi connectivity index (χ1) is 12.4. The Balaban J connectivity index is 1.82. The van der Waals surface area contributed by atoms with Crippen LogP contribution in [0.1, 0.15) is 22.8 Å². The molecule has 0 unspecified atom stereocenters. The summed E-state index contributed by atoms with van der Waals surface area (Å²) in [6.07, 6.45) is -0.359. The third-order valence-electron chi connectivity index (χ3n) is 3.70. The fourth-order valence-electron chi connectivity index (χ4n) is 2.22. The summed E-state index contributed by atoms with van der Waals surface area (Å²) in [6.45, 7) is 1.87. The van der Waals surface area contributed by atoms with Crippen molar-refractivity contribution in [1.29, 1.82) is 0 Å². The number of carbonyl (C=O) groups excluding carboxylic acids is 2. The van der Waals surface area contributed by atoms with E-state index in [9.17, 15) is 14.7 Å². The van der Waals surface area contributed by atoms with Gasteiger partial charge in [0.2, 0.25) is 0 Å². The van der Waals surface area contributed by atoms with Crippen molar-refractivity contribution in [3.8, 4) is 11.5 Å². The van der Waals surface area contributed by atoms with Crippen LogP contribution in [0.4, 0.5) is 0 Å². The number of phenolic OH excluding ortho intramolecular Hbond substituents is 1. The molecule has 0 aliphatic heterocycles. The highest BCUT2D eigenvalue weighted by molar-refractivity contribution is 6.30. The molecule has 1 amide bonds. The van der Waals surface area contributed by atoms with Crippen molar-refractivity contribution in [2.24, 2.45) is 0 Å². The number of hydrogen-bond acceptors (Lipinski definition) is 5. The van der Waals surface area contributed by atoms with Gasteiger partial charge in [0.25, 0.3) is 5.91 Å². The van der Waals surface area contributed by atoms with Gasteiger partial charge in [0.15, 0.2) is 6.10 Å². The van der Waals surface area contributed by atoms with E-state index < -0.39 is 18.0 Å². The van der Waals surface area contributed by atoms with Crippen molar-refractivity contribution in [3.63, 3.8) is 0 Å². The molecule has 2 N–H and O–H groups in total. The van der Waals surface area contributed by atoms with E-state index in [1.54, 1.807) is 7.11 Å². The normalized spacial score (nSPS) is 11.5. The van der Waals surface area contributed by atoms with Gasteiger partial charge in [0.1, 0.15) is 17.1 Å². The first-order valence-corrected chi connectivity index (χ1v) is 8.38. The van der Waals surface area contributed by atoms with E-state index in [1.807, 2.05) is 24.3 Å². The molecule has 2 aromatic carbocycles. The lowest BCUT2D eigenvalue weighted by Gasteiger charge is -2.14. The van der Waals surface area contributed by atoms with Crippen LogP contribution in [0, 0.1) is 0 Å². The lowest BCUT2D eigenvalue weighted by Crippen LogP contribution is -2.36. The van der Waals surface area contributed by atoms with Gasteiger partial charge in [-0.2, -0.15) is 0 Å². The van der Waals surface area contributed by atoms with E-state index in [0.717, 1.165) is 11.3 Å². The number of esters is 1. The molecule has 7 heteroatoms. The molecule has 0 saturated heterocycles. The van der Waals surface area contributed by atoms with Crippen molar-refractivity contribution in [3.05, 3.63) is 58.6 Å². The SMILES string of the molecule is COc1ccc(CCNC(=O)[C@H](C)OC(=O)c2ccc(Cl)cc2O)cc1. The van der Waals surface area contributed by atoms with E-state index in [1.165, 1.54) is 25.1 Å². The number of amides is 1. The predicted molar refractivity (Wildman–Crippen MR) is 97.7 cm³/mol. The molecule has 6 nitrogen and oxygen atoms in total. The molecule has 1 atom stereocenters. The van der Waals surface area contributed by atoms with Crippen molar-refractivity contribution < 1.29 is 24.2 Å². The Bertz CT molecular complexity index is 776. The summed E-state index contributed by atoms with van der Waals surface area (Å²) < 4.78 is 10.2. The summed E-state index contributed by atoms with van der Waals surface area (Å²) in [5.74, 6) is -0.740. The number of methoxy groups -OCH3 is 1. The molecule has 0 aliphatic carbocycles. The molecule has 0 heterocycles. The summed E-state index contributed by atoms with van der Waals surface area (Å²) in [5, 5.41) is 12.7. The third-order valence-corrected chi connectivity index (χ3v) is 3.94. The number of rotatable bonds is 7. The Labute approximate surface area is 156 Å². The lowest BCUT2D eigenvalue weighted by atomic mass is 10.1. The average molecular weight is 378 g/mol. The largest absolute Gasteiger partial charge is 0.507 e. The lowest BCUT2D eigenvalue weighted by molar-refractivity contribution is -0.129. The molecular formula is C19H20ClNO5. The number of benzene rings is 2. The molecule has 0 saturated carbocycles. The van der Waals surface area contributed by atoms with E-state index in [-0.39, 0.29) is 11.3 Å². The molecule has 0 radical (unpaired) electrons. The summed E-state index contributed by atoms with van der Waals surface area (Å²) >= 11 is 5.72. The molecule has 0 aliphatic rings. The van der Waals surface area contributed by atoms with Gasteiger partial charge in [-0.05, 0) is 49.2 Å². The summed E-state index contributed by atoms with van der Waals surface area (Å²) in [7, 11) is 1.60. The zero-order valence-corrected chi connectivity index (χ0v) is 15.2. The Hall–Kier alpha value is -2.73. The molecule has 0 fully saturated rings. The molecule has 138 valence electrons. The van der Waals surface area contributed by atoms with E-state index in [4.69, 9.17) is 21.1 Å². The minimum absolute atomic E-state index is 0.0488. The van der Waals surface area contributed by atoms with Crippen LogP contribution in [-0.2, 0) is 16.0 Å². The number of halogens is 1. The highest BCUT2D eigenvalue weighted by atomic mass is 35.5. The topological polar surface area (TPSA) is 84.9 Å². The average Bonchev–Trinajstić information content (AvgIpc) is 2.62. The zero-order chi connectivity index (χ0) is 19.1. The van der Waals surface area contributed by atoms with Crippen molar-refractivity contribution in [2.45, 2.75) is 19.4 Å². The Morgan fingerprint density at radius 3 is 2.50 bits per heavy atom. The Kier molecular flexibility index (Phi) is 6.86. The minimum atomic E-state index is -0.992. The molecular weight excluding hydrogens is 358 g/mol. The van der Waals surface area contributed by atoms with Crippen LogP contribution in [0.3, 0.4) is 0 Å². The number of nitrogens with one attached hydrogen (secondary N) is 1. The summed E-state index contributed by atoms with van der Waals surface area (Å²) in [4.78, 5) is 24.1. The summed E-state index contributed by atoms with van der Waals surface area (Å²) in [5.41, 5.74) is 0.995.